The number of hydrogen-bond donors (Lipinski definition) is 1. The fraction of sp³-hybridized carbons (Fsp3) is 0.231. The monoisotopic (exact) mass is 455 g/mol. The summed E-state index contributed by atoms with van der Waals surface area (Å²) in [6.45, 7) is 4.36. The maximum atomic E-state index is 12.8. The standard InChI is InChI=1S/C26H25N5O3/c1-16-11-17(2)31(30-16)21-6-4-5-19(13-21)26(32)27-15-22-14-20-12-18(7-9-24(20)34-22)23-8-10-25(33-3)29-28-23/h4-13,22H,14-15H2,1-3H3,(H,27,32). The number of fused-ring (bicyclic) bond motifs is 1. The van der Waals surface area contributed by atoms with E-state index in [1.807, 2.05) is 61.0 Å². The highest BCUT2D eigenvalue weighted by Crippen LogP contribution is 2.32. The molecule has 172 valence electrons. The van der Waals surface area contributed by atoms with Crippen molar-refractivity contribution in [1.29, 1.82) is 0 Å². The van der Waals surface area contributed by atoms with Crippen molar-refractivity contribution >= 4 is 5.91 Å². The van der Waals surface area contributed by atoms with Crippen LogP contribution in [0.25, 0.3) is 16.9 Å². The minimum atomic E-state index is -0.142. The van der Waals surface area contributed by atoms with Crippen molar-refractivity contribution in [3.63, 3.8) is 0 Å². The predicted octanol–water partition coefficient (Wildman–Crippen LogP) is 3.69. The molecule has 0 radical (unpaired) electrons. The Morgan fingerprint density at radius 3 is 2.74 bits per heavy atom. The van der Waals surface area contributed by atoms with Gasteiger partial charge in [-0.05, 0) is 67.9 Å². The first-order valence-corrected chi connectivity index (χ1v) is 11.1. The molecule has 34 heavy (non-hydrogen) atoms. The molecule has 1 aliphatic rings. The highest BCUT2D eigenvalue weighted by molar-refractivity contribution is 5.94. The van der Waals surface area contributed by atoms with Crippen LogP contribution in [-0.4, -0.2) is 45.6 Å². The minimum Gasteiger partial charge on any atom is -0.488 e. The van der Waals surface area contributed by atoms with Gasteiger partial charge in [0.25, 0.3) is 5.91 Å². The zero-order valence-corrected chi connectivity index (χ0v) is 19.3. The number of rotatable bonds is 6. The average molecular weight is 456 g/mol. The lowest BCUT2D eigenvalue weighted by Gasteiger charge is -2.12. The van der Waals surface area contributed by atoms with Gasteiger partial charge in [-0.2, -0.15) is 5.10 Å². The first kappa shape index (κ1) is 21.6. The summed E-state index contributed by atoms with van der Waals surface area (Å²) in [4.78, 5) is 12.8. The summed E-state index contributed by atoms with van der Waals surface area (Å²) in [5, 5.41) is 15.8. The van der Waals surface area contributed by atoms with E-state index >= 15 is 0 Å². The normalized spacial score (nSPS) is 14.4. The number of hydrogen-bond acceptors (Lipinski definition) is 6. The number of nitrogens with one attached hydrogen (secondary N) is 1. The molecule has 1 atom stereocenters. The van der Waals surface area contributed by atoms with E-state index in [-0.39, 0.29) is 12.0 Å². The van der Waals surface area contributed by atoms with Crippen molar-refractivity contribution in [2.24, 2.45) is 0 Å². The van der Waals surface area contributed by atoms with E-state index in [9.17, 15) is 4.79 Å². The first-order valence-electron chi connectivity index (χ1n) is 11.1. The van der Waals surface area contributed by atoms with Crippen LogP contribution in [0.2, 0.25) is 0 Å². The summed E-state index contributed by atoms with van der Waals surface area (Å²) in [7, 11) is 1.56. The van der Waals surface area contributed by atoms with Gasteiger partial charge in [0.05, 0.1) is 30.7 Å². The zero-order valence-electron chi connectivity index (χ0n) is 19.3. The fourth-order valence-corrected chi connectivity index (χ4v) is 4.15. The van der Waals surface area contributed by atoms with Gasteiger partial charge in [-0.3, -0.25) is 4.79 Å². The number of ether oxygens (including phenoxy) is 2. The SMILES string of the molecule is COc1ccc(-c2ccc3c(c2)CC(CNC(=O)c2cccc(-n4nc(C)cc4C)c2)O3)nn1. The van der Waals surface area contributed by atoms with Gasteiger partial charge in [-0.1, -0.05) is 6.07 Å². The van der Waals surface area contributed by atoms with E-state index in [1.165, 1.54) is 0 Å². The maximum absolute atomic E-state index is 12.8. The molecular weight excluding hydrogens is 430 g/mol. The summed E-state index contributed by atoms with van der Waals surface area (Å²) in [5.74, 6) is 1.16. The maximum Gasteiger partial charge on any atom is 0.251 e. The van der Waals surface area contributed by atoms with Crippen LogP contribution in [-0.2, 0) is 6.42 Å². The molecule has 1 aliphatic heterocycles. The molecule has 2 aromatic heterocycles. The van der Waals surface area contributed by atoms with Gasteiger partial charge in [0.1, 0.15) is 11.9 Å². The van der Waals surface area contributed by atoms with Crippen molar-refractivity contribution in [1.82, 2.24) is 25.3 Å². The molecule has 0 bridgehead atoms. The third-order valence-electron chi connectivity index (χ3n) is 5.80. The summed E-state index contributed by atoms with van der Waals surface area (Å²) in [6, 6.07) is 19.1. The molecule has 5 rings (SSSR count). The van der Waals surface area contributed by atoms with Crippen LogP contribution in [0.3, 0.4) is 0 Å². The van der Waals surface area contributed by atoms with Gasteiger partial charge >= 0.3 is 0 Å². The van der Waals surface area contributed by atoms with Crippen LogP contribution in [0.4, 0.5) is 0 Å². The Hall–Kier alpha value is -4.20. The summed E-state index contributed by atoms with van der Waals surface area (Å²) in [5.41, 5.74) is 6.21. The number of methoxy groups -OCH3 is 1. The Balaban J connectivity index is 1.23. The summed E-state index contributed by atoms with van der Waals surface area (Å²) in [6.07, 6.45) is 0.578. The van der Waals surface area contributed by atoms with Crippen LogP contribution in [0.15, 0.2) is 60.7 Å². The summed E-state index contributed by atoms with van der Waals surface area (Å²) >= 11 is 0. The van der Waals surface area contributed by atoms with E-state index in [4.69, 9.17) is 9.47 Å². The first-order chi connectivity index (χ1) is 16.5. The van der Waals surface area contributed by atoms with Crippen LogP contribution in [0, 0.1) is 13.8 Å². The number of carbonyl (C=O) groups is 1. The van der Waals surface area contributed by atoms with Gasteiger partial charge in [0, 0.05) is 29.3 Å². The Kier molecular flexibility index (Phi) is 5.71. The molecule has 1 unspecified atom stereocenters. The third-order valence-corrected chi connectivity index (χ3v) is 5.80. The van der Waals surface area contributed by atoms with Crippen molar-refractivity contribution in [2.45, 2.75) is 26.4 Å². The predicted molar refractivity (Wildman–Crippen MR) is 128 cm³/mol. The van der Waals surface area contributed by atoms with E-state index < -0.39 is 0 Å². The second kappa shape index (κ2) is 8.97. The zero-order chi connectivity index (χ0) is 23.7. The molecule has 0 saturated carbocycles. The number of nitrogens with zero attached hydrogens (tertiary/aromatic N) is 4. The number of benzene rings is 2. The van der Waals surface area contributed by atoms with Crippen LogP contribution in [0.1, 0.15) is 27.3 Å². The number of aromatic nitrogens is 4. The third kappa shape index (κ3) is 4.34. The lowest BCUT2D eigenvalue weighted by molar-refractivity contribution is 0.0933. The van der Waals surface area contributed by atoms with Crippen molar-refractivity contribution in [2.75, 3.05) is 13.7 Å². The number of carbonyl (C=O) groups excluding carboxylic acids is 1. The van der Waals surface area contributed by atoms with E-state index in [0.29, 0.717) is 24.4 Å². The van der Waals surface area contributed by atoms with E-state index in [1.54, 1.807) is 19.2 Å². The average Bonchev–Trinajstić information content (AvgIpc) is 3.43. The smallest absolute Gasteiger partial charge is 0.251 e. The van der Waals surface area contributed by atoms with Crippen molar-refractivity contribution in [3.8, 4) is 28.6 Å². The van der Waals surface area contributed by atoms with Gasteiger partial charge in [0.2, 0.25) is 5.88 Å². The number of aryl methyl sites for hydroxylation is 2. The lowest BCUT2D eigenvalue weighted by Crippen LogP contribution is -2.34. The molecule has 0 saturated heterocycles. The Labute approximate surface area is 197 Å². The molecule has 2 aromatic carbocycles. The molecule has 0 aliphatic carbocycles. The van der Waals surface area contributed by atoms with E-state index in [0.717, 1.165) is 39.6 Å². The Morgan fingerprint density at radius 2 is 2.00 bits per heavy atom. The molecule has 1 N–H and O–H groups in total. The molecule has 0 spiro atoms. The molecular formula is C26H25N5O3. The highest BCUT2D eigenvalue weighted by Gasteiger charge is 2.24. The van der Waals surface area contributed by atoms with Gasteiger partial charge in [0.15, 0.2) is 0 Å². The summed E-state index contributed by atoms with van der Waals surface area (Å²) < 4.78 is 13.0. The fourth-order valence-electron chi connectivity index (χ4n) is 4.15. The molecule has 3 heterocycles. The quantitative estimate of drug-likeness (QED) is 0.477. The molecule has 4 aromatic rings. The Morgan fingerprint density at radius 1 is 1.12 bits per heavy atom. The van der Waals surface area contributed by atoms with Crippen LogP contribution >= 0.6 is 0 Å². The van der Waals surface area contributed by atoms with E-state index in [2.05, 4.69) is 26.7 Å². The van der Waals surface area contributed by atoms with Gasteiger partial charge in [-0.25, -0.2) is 4.68 Å². The highest BCUT2D eigenvalue weighted by atomic mass is 16.5. The molecule has 1 amide bonds. The molecule has 8 nitrogen and oxygen atoms in total. The second-order valence-electron chi connectivity index (χ2n) is 8.33. The lowest BCUT2D eigenvalue weighted by atomic mass is 10.0. The van der Waals surface area contributed by atoms with Crippen LogP contribution in [0.5, 0.6) is 11.6 Å². The second-order valence-corrected chi connectivity index (χ2v) is 8.33. The van der Waals surface area contributed by atoms with Crippen LogP contribution < -0.4 is 14.8 Å². The topological polar surface area (TPSA) is 91.2 Å². The van der Waals surface area contributed by atoms with Crippen molar-refractivity contribution < 1.29 is 14.3 Å². The van der Waals surface area contributed by atoms with Gasteiger partial charge in [-0.15, -0.1) is 10.2 Å². The van der Waals surface area contributed by atoms with Gasteiger partial charge < -0.3 is 14.8 Å². The van der Waals surface area contributed by atoms with Crippen molar-refractivity contribution in [3.05, 3.63) is 83.2 Å². The minimum absolute atomic E-state index is 0.129. The molecule has 8 heteroatoms. The largest absolute Gasteiger partial charge is 0.488 e. The Bertz CT molecular complexity index is 1350. The number of amides is 1. The molecule has 0 fully saturated rings.